The third kappa shape index (κ3) is 12.7. The summed E-state index contributed by atoms with van der Waals surface area (Å²) >= 11 is 3.24. The first kappa shape index (κ1) is 38.4. The first-order valence-electron chi connectivity index (χ1n) is 16.9. The lowest BCUT2D eigenvalue weighted by molar-refractivity contribution is -0.138. The second-order valence-electron chi connectivity index (χ2n) is 11.5. The molecule has 5 aromatic carbocycles. The second kappa shape index (κ2) is 20.2. The van der Waals surface area contributed by atoms with Gasteiger partial charge in [-0.2, -0.15) is 0 Å². The van der Waals surface area contributed by atoms with Crippen molar-refractivity contribution in [3.63, 3.8) is 0 Å². The largest absolute Gasteiger partial charge is 0.489 e. The molecule has 5 aromatic rings. The van der Waals surface area contributed by atoms with E-state index >= 15 is 0 Å². The molecule has 0 aliphatic rings. The molecule has 0 fully saturated rings. The SMILES string of the molecule is C=CC(=O)OCCSc1ccc(C#Cc2ccc(-c3ccc(COc4ccc(C#Cc5ccc(SCCOC(=O)C=C)cc5)cc4C)cc3)cc2)cc1. The number of benzene rings is 5. The molecule has 7 heteroatoms. The van der Waals surface area contributed by atoms with Crippen LogP contribution in [0.3, 0.4) is 0 Å². The number of aryl methyl sites for hydroxylation is 1. The van der Waals surface area contributed by atoms with Gasteiger partial charge in [-0.25, -0.2) is 9.59 Å². The highest BCUT2D eigenvalue weighted by atomic mass is 32.2. The average Bonchev–Trinajstić information content (AvgIpc) is 3.20. The van der Waals surface area contributed by atoms with Gasteiger partial charge >= 0.3 is 11.9 Å². The molecule has 53 heavy (non-hydrogen) atoms. The van der Waals surface area contributed by atoms with Crippen LogP contribution >= 0.6 is 23.5 Å². The van der Waals surface area contributed by atoms with Crippen molar-refractivity contribution in [2.75, 3.05) is 24.7 Å². The van der Waals surface area contributed by atoms with E-state index in [1.807, 2.05) is 85.8 Å². The van der Waals surface area contributed by atoms with Gasteiger partial charge < -0.3 is 14.2 Å². The number of ether oxygens (including phenoxy) is 3. The topological polar surface area (TPSA) is 61.8 Å². The van der Waals surface area contributed by atoms with E-state index in [4.69, 9.17) is 14.2 Å². The number of rotatable bonds is 14. The summed E-state index contributed by atoms with van der Waals surface area (Å²) in [4.78, 5) is 24.5. The lowest BCUT2D eigenvalue weighted by Gasteiger charge is -2.10. The van der Waals surface area contributed by atoms with Gasteiger partial charge in [-0.15, -0.1) is 23.5 Å². The van der Waals surface area contributed by atoms with E-state index in [2.05, 4.69) is 73.2 Å². The standard InChI is InChI=1S/C46H38O5S2/c1-4-45(47)49-28-30-52-42-23-14-36(15-24-42)7-6-35-10-19-40(20-11-35)41-21-12-39(13-22-41)33-51-44-27-18-38(32-34(44)3)9-8-37-16-25-43(26-17-37)53-31-29-50-46(48)5-2/h4-5,10-27,32H,1-2,28-31,33H2,3H3. The van der Waals surface area contributed by atoms with E-state index in [0.29, 0.717) is 31.3 Å². The molecule has 0 spiro atoms. The molecule has 5 rings (SSSR count). The highest BCUT2D eigenvalue weighted by Gasteiger charge is 2.04. The minimum atomic E-state index is -0.403. The average molecular weight is 735 g/mol. The van der Waals surface area contributed by atoms with Crippen molar-refractivity contribution in [1.29, 1.82) is 0 Å². The molecule has 0 aliphatic carbocycles. The number of esters is 2. The second-order valence-corrected chi connectivity index (χ2v) is 13.9. The molecule has 0 heterocycles. The van der Waals surface area contributed by atoms with E-state index in [-0.39, 0.29) is 0 Å². The normalized spacial score (nSPS) is 10.1. The number of hydrogen-bond donors (Lipinski definition) is 0. The summed E-state index contributed by atoms with van der Waals surface area (Å²) in [6, 6.07) is 38.7. The molecule has 5 nitrogen and oxygen atoms in total. The molecule has 264 valence electrons. The highest BCUT2D eigenvalue weighted by molar-refractivity contribution is 7.99. The van der Waals surface area contributed by atoms with Crippen LogP contribution in [0.1, 0.15) is 33.4 Å². The van der Waals surface area contributed by atoms with Crippen molar-refractivity contribution in [1.82, 2.24) is 0 Å². The first-order chi connectivity index (χ1) is 25.9. The molecule has 0 saturated carbocycles. The van der Waals surface area contributed by atoms with Gasteiger partial charge in [-0.1, -0.05) is 73.2 Å². The van der Waals surface area contributed by atoms with Crippen molar-refractivity contribution in [2.45, 2.75) is 23.3 Å². The van der Waals surface area contributed by atoms with Gasteiger partial charge in [0.25, 0.3) is 0 Å². The lowest BCUT2D eigenvalue weighted by Crippen LogP contribution is -2.03. The van der Waals surface area contributed by atoms with Crippen LogP contribution in [0.15, 0.2) is 150 Å². The summed E-state index contributed by atoms with van der Waals surface area (Å²) in [7, 11) is 0. The zero-order chi connectivity index (χ0) is 37.3. The maximum absolute atomic E-state index is 11.1. The molecular weight excluding hydrogens is 697 g/mol. The Morgan fingerprint density at radius 3 is 1.45 bits per heavy atom. The van der Waals surface area contributed by atoms with Gasteiger partial charge in [-0.3, -0.25) is 0 Å². The molecule has 0 radical (unpaired) electrons. The van der Waals surface area contributed by atoms with Gasteiger partial charge in [0.15, 0.2) is 0 Å². The van der Waals surface area contributed by atoms with Crippen LogP contribution in [0.25, 0.3) is 11.1 Å². The summed E-state index contributed by atoms with van der Waals surface area (Å²) in [5, 5.41) is 0. The summed E-state index contributed by atoms with van der Waals surface area (Å²) < 4.78 is 16.2. The minimum absolute atomic E-state index is 0.344. The molecular formula is C46H38O5S2. The summed E-state index contributed by atoms with van der Waals surface area (Å²) in [6.45, 7) is 9.98. The number of carbonyl (C=O) groups excluding carboxylic acids is 2. The third-order valence-electron chi connectivity index (χ3n) is 7.68. The van der Waals surface area contributed by atoms with Gasteiger partial charge in [-0.05, 0) is 108 Å². The number of hydrogen-bond acceptors (Lipinski definition) is 7. The zero-order valence-electron chi connectivity index (χ0n) is 29.4. The minimum Gasteiger partial charge on any atom is -0.489 e. The molecule has 0 N–H and O–H groups in total. The summed E-state index contributed by atoms with van der Waals surface area (Å²) in [6.07, 6.45) is 2.34. The quantitative estimate of drug-likeness (QED) is 0.0370. The van der Waals surface area contributed by atoms with Gasteiger partial charge in [0.05, 0.1) is 0 Å². The van der Waals surface area contributed by atoms with Crippen molar-refractivity contribution in [3.05, 3.63) is 174 Å². The Morgan fingerprint density at radius 2 is 1.00 bits per heavy atom. The first-order valence-corrected chi connectivity index (χ1v) is 18.9. The molecule has 0 atom stereocenters. The van der Waals surface area contributed by atoms with Crippen LogP contribution in [0.4, 0.5) is 0 Å². The fraction of sp³-hybridized carbons (Fsp3) is 0.130. The Kier molecular flexibility index (Phi) is 14.7. The van der Waals surface area contributed by atoms with Crippen molar-refractivity contribution in [2.24, 2.45) is 0 Å². The van der Waals surface area contributed by atoms with E-state index < -0.39 is 11.9 Å². The number of carbonyl (C=O) groups is 2. The maximum atomic E-state index is 11.1. The van der Waals surface area contributed by atoms with Crippen LogP contribution < -0.4 is 4.74 Å². The van der Waals surface area contributed by atoms with Crippen molar-refractivity contribution in [3.8, 4) is 40.6 Å². The van der Waals surface area contributed by atoms with Gasteiger partial charge in [0, 0.05) is 55.7 Å². The fourth-order valence-electron chi connectivity index (χ4n) is 4.87. The van der Waals surface area contributed by atoms with E-state index in [9.17, 15) is 9.59 Å². The van der Waals surface area contributed by atoms with Gasteiger partial charge in [0.1, 0.15) is 25.6 Å². The van der Waals surface area contributed by atoms with Crippen LogP contribution in [0, 0.1) is 30.6 Å². The molecule has 0 saturated heterocycles. The van der Waals surface area contributed by atoms with Crippen LogP contribution in [-0.2, 0) is 25.7 Å². The summed E-state index contributed by atoms with van der Waals surface area (Å²) in [5.74, 6) is 14.3. The molecule has 0 bridgehead atoms. The Hall–Kier alpha value is -5.86. The molecule has 0 aliphatic heterocycles. The summed E-state index contributed by atoms with van der Waals surface area (Å²) in [5.41, 5.74) is 8.08. The predicted molar refractivity (Wildman–Crippen MR) is 216 cm³/mol. The molecule has 0 amide bonds. The Morgan fingerprint density at radius 1 is 0.585 bits per heavy atom. The molecule has 0 aromatic heterocycles. The Labute approximate surface area is 320 Å². The van der Waals surface area contributed by atoms with Crippen molar-refractivity contribution >= 4 is 35.5 Å². The fourth-order valence-corrected chi connectivity index (χ4v) is 6.33. The van der Waals surface area contributed by atoms with Crippen LogP contribution in [-0.4, -0.2) is 36.7 Å². The van der Waals surface area contributed by atoms with Crippen LogP contribution in [0.5, 0.6) is 5.75 Å². The van der Waals surface area contributed by atoms with E-state index in [1.165, 1.54) is 12.2 Å². The van der Waals surface area contributed by atoms with Gasteiger partial charge in [0.2, 0.25) is 0 Å². The predicted octanol–water partition coefficient (Wildman–Crippen LogP) is 9.68. The smallest absolute Gasteiger partial charge is 0.330 e. The maximum Gasteiger partial charge on any atom is 0.330 e. The number of thioether (sulfide) groups is 2. The Balaban J connectivity index is 1.07. The lowest BCUT2D eigenvalue weighted by atomic mass is 10.0. The van der Waals surface area contributed by atoms with Crippen molar-refractivity contribution < 1.29 is 23.8 Å². The monoisotopic (exact) mass is 734 g/mol. The Bertz CT molecular complexity index is 2150. The van der Waals surface area contributed by atoms with E-state index in [1.54, 1.807) is 23.5 Å². The van der Waals surface area contributed by atoms with Crippen LogP contribution in [0.2, 0.25) is 0 Å². The van der Waals surface area contributed by atoms with E-state index in [0.717, 1.165) is 60.0 Å². The molecule has 0 unspecified atom stereocenters. The third-order valence-corrected chi connectivity index (χ3v) is 9.63. The zero-order valence-corrected chi connectivity index (χ0v) is 31.1. The highest BCUT2D eigenvalue weighted by Crippen LogP contribution is 2.24.